The van der Waals surface area contributed by atoms with E-state index in [1.54, 1.807) is 0 Å². The first kappa shape index (κ1) is 28.6. The number of rotatable bonds is 14. The second-order valence-corrected chi connectivity index (χ2v) is 7.96. The molecule has 0 aromatic rings. The number of aliphatic hydroxyl groups excluding tert-OH is 1. The summed E-state index contributed by atoms with van der Waals surface area (Å²) in [5, 5.41) is 28.7. The summed E-state index contributed by atoms with van der Waals surface area (Å²) < 4.78 is 0. The van der Waals surface area contributed by atoms with Gasteiger partial charge in [-0.1, -0.05) is 0 Å². The molecule has 1 saturated heterocycles. The molecule has 1 fully saturated rings. The molecule has 12 N–H and O–H groups in total. The summed E-state index contributed by atoms with van der Waals surface area (Å²) in [6, 6.07) is -4.78. The van der Waals surface area contributed by atoms with Gasteiger partial charge in [0.2, 0.25) is 23.6 Å². The molecule has 5 unspecified atom stereocenters. The lowest BCUT2D eigenvalue weighted by atomic mass is 10.1. The number of nitrogens with zero attached hydrogens (tertiary/aromatic N) is 1. The van der Waals surface area contributed by atoms with E-state index >= 15 is 0 Å². The van der Waals surface area contributed by atoms with Gasteiger partial charge in [-0.05, 0) is 39.2 Å². The number of carboxylic acids is 1. The van der Waals surface area contributed by atoms with Gasteiger partial charge >= 0.3 is 5.97 Å². The molecule has 0 aromatic carbocycles. The smallest absolute Gasteiger partial charge is 0.328 e. The van der Waals surface area contributed by atoms with E-state index in [0.29, 0.717) is 19.4 Å². The zero-order valence-electron chi connectivity index (χ0n) is 19.0. The standard InChI is InChI=1S/C19H34N8O7/c1-9(28)14(18(33)34)27-17(32)12(8-13(20)29)26-16(31)11(5-3-7-24-19(21)22)25-15(30)10-4-2-6-23-10/h9-12,14,23,28H,2-8H2,1H3,(H2,20,29)(H,25,30)(H,26,31)(H,27,32)(H,33,34)(H4,21,22,24). The van der Waals surface area contributed by atoms with Crippen molar-refractivity contribution in [3.05, 3.63) is 0 Å². The van der Waals surface area contributed by atoms with Crippen molar-refractivity contribution in [2.24, 2.45) is 22.2 Å². The van der Waals surface area contributed by atoms with Crippen molar-refractivity contribution in [3.8, 4) is 0 Å². The van der Waals surface area contributed by atoms with Crippen LogP contribution in [0.3, 0.4) is 0 Å². The van der Waals surface area contributed by atoms with Crippen molar-refractivity contribution < 1.29 is 34.2 Å². The van der Waals surface area contributed by atoms with Crippen LogP contribution in [0.4, 0.5) is 0 Å². The number of nitrogens with one attached hydrogen (secondary N) is 4. The molecule has 1 aliphatic heterocycles. The Morgan fingerprint density at radius 2 is 1.71 bits per heavy atom. The first-order valence-electron chi connectivity index (χ1n) is 10.8. The lowest BCUT2D eigenvalue weighted by Gasteiger charge is -2.25. The normalized spacial score (nSPS) is 18.6. The number of aliphatic carboxylic acids is 1. The third-order valence-corrected chi connectivity index (χ3v) is 5.04. The third kappa shape index (κ3) is 9.99. The Morgan fingerprint density at radius 3 is 2.21 bits per heavy atom. The van der Waals surface area contributed by atoms with E-state index in [9.17, 15) is 29.1 Å². The van der Waals surface area contributed by atoms with Gasteiger partial charge in [0.1, 0.15) is 12.1 Å². The zero-order valence-corrected chi connectivity index (χ0v) is 19.0. The van der Waals surface area contributed by atoms with E-state index in [4.69, 9.17) is 22.3 Å². The first-order valence-corrected chi connectivity index (χ1v) is 10.8. The minimum Gasteiger partial charge on any atom is -0.480 e. The fourth-order valence-electron chi connectivity index (χ4n) is 3.28. The molecule has 15 nitrogen and oxygen atoms in total. The van der Waals surface area contributed by atoms with Crippen molar-refractivity contribution in [2.75, 3.05) is 13.1 Å². The van der Waals surface area contributed by atoms with E-state index < -0.39 is 66.3 Å². The Morgan fingerprint density at radius 1 is 1.06 bits per heavy atom. The Balaban J connectivity index is 2.96. The van der Waals surface area contributed by atoms with Crippen LogP contribution in [-0.2, 0) is 24.0 Å². The quantitative estimate of drug-likeness (QED) is 0.0646. The number of nitrogens with two attached hydrogens (primary N) is 3. The Labute approximate surface area is 196 Å². The fourth-order valence-corrected chi connectivity index (χ4v) is 3.28. The highest BCUT2D eigenvalue weighted by molar-refractivity contribution is 5.96. The number of guanidine groups is 1. The van der Waals surface area contributed by atoms with Crippen LogP contribution in [0.2, 0.25) is 0 Å². The number of primary amides is 1. The molecule has 4 amide bonds. The molecule has 1 aliphatic rings. The lowest BCUT2D eigenvalue weighted by molar-refractivity contribution is -0.145. The first-order chi connectivity index (χ1) is 15.9. The monoisotopic (exact) mass is 486 g/mol. The van der Waals surface area contributed by atoms with Gasteiger partial charge in [-0.3, -0.25) is 24.2 Å². The van der Waals surface area contributed by atoms with Crippen molar-refractivity contribution in [1.29, 1.82) is 0 Å². The van der Waals surface area contributed by atoms with Crippen LogP contribution in [0.5, 0.6) is 0 Å². The molecule has 0 aliphatic carbocycles. The number of carbonyl (C=O) groups excluding carboxylic acids is 4. The lowest BCUT2D eigenvalue weighted by Crippen LogP contribution is -2.58. The summed E-state index contributed by atoms with van der Waals surface area (Å²) in [6.45, 7) is 2.00. The maximum absolute atomic E-state index is 12.9. The van der Waals surface area contributed by atoms with Gasteiger partial charge in [0.05, 0.1) is 18.6 Å². The summed E-state index contributed by atoms with van der Waals surface area (Å²) in [5.41, 5.74) is 15.7. The molecular formula is C19H34N8O7. The van der Waals surface area contributed by atoms with Crippen molar-refractivity contribution >= 4 is 35.6 Å². The largest absolute Gasteiger partial charge is 0.480 e. The summed E-state index contributed by atoms with van der Waals surface area (Å²) >= 11 is 0. The van der Waals surface area contributed by atoms with Crippen LogP contribution in [-0.4, -0.2) is 89.1 Å². The van der Waals surface area contributed by atoms with Crippen molar-refractivity contribution in [3.63, 3.8) is 0 Å². The molecule has 0 spiro atoms. The van der Waals surface area contributed by atoms with Crippen LogP contribution in [0.15, 0.2) is 4.99 Å². The minimum atomic E-state index is -1.68. The number of carboxylic acid groups (broad SMARTS) is 1. The molecule has 192 valence electrons. The van der Waals surface area contributed by atoms with Crippen LogP contribution in [0.1, 0.15) is 39.0 Å². The number of amides is 4. The molecule has 34 heavy (non-hydrogen) atoms. The molecule has 5 atom stereocenters. The number of hydrogen-bond acceptors (Lipinski definition) is 8. The molecule has 0 bridgehead atoms. The van der Waals surface area contributed by atoms with Crippen LogP contribution in [0, 0.1) is 0 Å². The predicted octanol–water partition coefficient (Wildman–Crippen LogP) is -4.41. The third-order valence-electron chi connectivity index (χ3n) is 5.04. The Kier molecular flexibility index (Phi) is 11.7. The molecule has 0 saturated carbocycles. The summed E-state index contributed by atoms with van der Waals surface area (Å²) in [7, 11) is 0. The van der Waals surface area contributed by atoms with E-state index in [-0.39, 0.29) is 18.9 Å². The Hall–Kier alpha value is -3.46. The summed E-state index contributed by atoms with van der Waals surface area (Å²) in [6.07, 6.45) is -0.275. The average molecular weight is 487 g/mol. The summed E-state index contributed by atoms with van der Waals surface area (Å²) in [5.74, 6) is -4.82. The van der Waals surface area contributed by atoms with Crippen LogP contribution < -0.4 is 38.5 Å². The highest BCUT2D eigenvalue weighted by atomic mass is 16.4. The number of aliphatic imine (C=N–C) groups is 1. The topological polar surface area (TPSA) is 264 Å². The second-order valence-electron chi connectivity index (χ2n) is 7.96. The summed E-state index contributed by atoms with van der Waals surface area (Å²) in [4.78, 5) is 64.6. The molecule has 1 rings (SSSR count). The van der Waals surface area contributed by atoms with Crippen LogP contribution in [0.25, 0.3) is 0 Å². The molecule has 15 heteroatoms. The molecule has 0 radical (unpaired) electrons. The van der Waals surface area contributed by atoms with E-state index in [2.05, 4.69) is 26.3 Å². The fraction of sp³-hybridized carbons (Fsp3) is 0.684. The number of carbonyl (C=O) groups is 5. The van der Waals surface area contributed by atoms with Gasteiger partial charge < -0.3 is 48.7 Å². The maximum atomic E-state index is 12.9. The second kappa shape index (κ2) is 13.9. The average Bonchev–Trinajstić information content (AvgIpc) is 3.27. The van der Waals surface area contributed by atoms with E-state index in [1.807, 2.05) is 0 Å². The molecule has 1 heterocycles. The highest BCUT2D eigenvalue weighted by Crippen LogP contribution is 2.08. The Bertz CT molecular complexity index is 779. The van der Waals surface area contributed by atoms with Crippen LogP contribution >= 0.6 is 0 Å². The SMILES string of the molecule is CC(O)C(NC(=O)C(CC(N)=O)NC(=O)C(CCCN=C(N)N)NC(=O)C1CCCN1)C(=O)O. The van der Waals surface area contributed by atoms with E-state index in [0.717, 1.165) is 13.3 Å². The minimum absolute atomic E-state index is 0.109. The zero-order chi connectivity index (χ0) is 25.8. The van der Waals surface area contributed by atoms with Gasteiger partial charge in [-0.15, -0.1) is 0 Å². The van der Waals surface area contributed by atoms with Gasteiger partial charge in [-0.2, -0.15) is 0 Å². The molecule has 0 aromatic heterocycles. The van der Waals surface area contributed by atoms with E-state index in [1.165, 1.54) is 0 Å². The van der Waals surface area contributed by atoms with Gasteiger partial charge in [0.15, 0.2) is 12.0 Å². The predicted molar refractivity (Wildman–Crippen MR) is 120 cm³/mol. The number of aliphatic hydroxyl groups is 1. The molecular weight excluding hydrogens is 452 g/mol. The van der Waals surface area contributed by atoms with Gasteiger partial charge in [-0.25, -0.2) is 4.79 Å². The van der Waals surface area contributed by atoms with Gasteiger partial charge in [0.25, 0.3) is 0 Å². The van der Waals surface area contributed by atoms with Gasteiger partial charge in [0, 0.05) is 6.54 Å². The van der Waals surface area contributed by atoms with Crippen molar-refractivity contribution in [1.82, 2.24) is 21.3 Å². The van der Waals surface area contributed by atoms with Crippen molar-refractivity contribution in [2.45, 2.75) is 69.3 Å². The number of hydrogen-bond donors (Lipinski definition) is 9. The highest BCUT2D eigenvalue weighted by Gasteiger charge is 2.33. The maximum Gasteiger partial charge on any atom is 0.328 e.